The lowest BCUT2D eigenvalue weighted by Crippen LogP contribution is -2.12. The molecule has 0 amide bonds. The Labute approximate surface area is 188 Å². The maximum Gasteiger partial charge on any atom is 0.166 e. The minimum atomic E-state index is -2.31. The monoisotopic (exact) mass is 453 g/mol. The minimum absolute atomic E-state index is 0.291. The lowest BCUT2D eigenvalue weighted by molar-refractivity contribution is 0.198. The highest BCUT2D eigenvalue weighted by Gasteiger charge is 2.18. The Hall–Kier alpha value is -3.26. The predicted molar refractivity (Wildman–Crippen MR) is 127 cm³/mol. The quantitative estimate of drug-likeness (QED) is 0.562. The fourth-order valence-electron chi connectivity index (χ4n) is 3.55. The number of fused-ring (bicyclic) bond motifs is 5. The molecule has 0 spiro atoms. The molecule has 7 nitrogen and oxygen atoms in total. The summed E-state index contributed by atoms with van der Waals surface area (Å²) in [6.45, 7) is 4.69. The Kier molecular flexibility index (Phi) is 5.97. The van der Waals surface area contributed by atoms with Gasteiger partial charge in [0.2, 0.25) is 0 Å². The van der Waals surface area contributed by atoms with Crippen LogP contribution < -0.4 is 19.9 Å². The summed E-state index contributed by atoms with van der Waals surface area (Å²) in [5.41, 5.74) is 10.3. The highest BCUT2D eigenvalue weighted by Crippen LogP contribution is 2.38. The van der Waals surface area contributed by atoms with Crippen molar-refractivity contribution in [3.8, 4) is 28.4 Å². The molecule has 1 aromatic heterocycles. The van der Waals surface area contributed by atoms with Gasteiger partial charge in [0, 0.05) is 45.1 Å². The summed E-state index contributed by atoms with van der Waals surface area (Å²) >= 11 is 0. The fraction of sp³-hybridized carbons (Fsp3) is 0.292. The lowest BCUT2D eigenvalue weighted by Gasteiger charge is -2.20. The second-order valence-corrected chi connectivity index (χ2v) is 10.6. The minimum Gasteiger partial charge on any atom is -0.490 e. The number of nitrogens with zero attached hydrogens (tertiary/aromatic N) is 2. The molecule has 0 saturated carbocycles. The van der Waals surface area contributed by atoms with Gasteiger partial charge in [-0.1, -0.05) is 11.6 Å². The molecule has 3 aromatic rings. The third-order valence-corrected chi connectivity index (χ3v) is 5.64. The first-order valence-corrected chi connectivity index (χ1v) is 12.6. The number of hydrogen-bond donors (Lipinski definition) is 1. The van der Waals surface area contributed by atoms with Crippen LogP contribution in [0.15, 0.2) is 53.0 Å². The van der Waals surface area contributed by atoms with Gasteiger partial charge in [0.15, 0.2) is 11.6 Å². The molecule has 4 rings (SSSR count). The first-order valence-electron chi connectivity index (χ1n) is 10.3. The number of nitrogens with two attached hydrogens (primary N) is 1. The number of nitrogen functional groups attached to an aromatic ring is 1. The van der Waals surface area contributed by atoms with Gasteiger partial charge in [0.05, 0.1) is 5.69 Å². The van der Waals surface area contributed by atoms with Gasteiger partial charge in [0.1, 0.15) is 30.8 Å². The van der Waals surface area contributed by atoms with Crippen LogP contribution in [0.5, 0.6) is 17.2 Å². The Morgan fingerprint density at radius 1 is 1.03 bits per heavy atom. The summed E-state index contributed by atoms with van der Waals surface area (Å²) in [6, 6.07) is 13.3. The van der Waals surface area contributed by atoms with E-state index in [0.29, 0.717) is 36.2 Å². The summed E-state index contributed by atoms with van der Waals surface area (Å²) in [4.78, 5) is 4.34. The van der Waals surface area contributed by atoms with Crippen LogP contribution in [0.1, 0.15) is 24.2 Å². The standard InChI is InChI=1S/C24H27N3O4S/c1-15-5-7-21-19(11-15)16(2)31-23-12-17(14-26-24(23)25)20-13-18(27-32(3,4)28)6-8-22(20)30-10-9-29-21/h5-8,11-14,16H,9-10H2,1-4H3,(H2,25,26)/t16-/m1/s1. The zero-order chi connectivity index (χ0) is 22.9. The second kappa shape index (κ2) is 8.70. The largest absolute Gasteiger partial charge is 0.490 e. The number of aromatic nitrogens is 1. The van der Waals surface area contributed by atoms with Crippen molar-refractivity contribution in [2.24, 2.45) is 4.36 Å². The van der Waals surface area contributed by atoms with E-state index in [4.69, 9.17) is 19.9 Å². The third kappa shape index (κ3) is 4.96. The summed E-state index contributed by atoms with van der Waals surface area (Å²) in [5.74, 6) is 2.13. The SMILES string of the molecule is Cc1ccc2c(c1)[C@@H](C)Oc1cc(cnc1N)-c1cc(N=S(C)(C)=O)ccc1OCCO2. The van der Waals surface area contributed by atoms with E-state index < -0.39 is 9.73 Å². The molecule has 0 unspecified atom stereocenters. The van der Waals surface area contributed by atoms with E-state index in [0.717, 1.165) is 28.0 Å². The van der Waals surface area contributed by atoms with Gasteiger partial charge in [-0.25, -0.2) is 9.19 Å². The average Bonchev–Trinajstić information content (AvgIpc) is 2.73. The first kappa shape index (κ1) is 22.0. The van der Waals surface area contributed by atoms with Crippen LogP contribution >= 0.6 is 0 Å². The summed E-state index contributed by atoms with van der Waals surface area (Å²) in [6.07, 6.45) is 4.56. The molecule has 168 valence electrons. The van der Waals surface area contributed by atoms with Gasteiger partial charge in [-0.05, 0) is 50.2 Å². The van der Waals surface area contributed by atoms with E-state index in [9.17, 15) is 4.21 Å². The normalized spacial score (nSPS) is 15.9. The van der Waals surface area contributed by atoms with Gasteiger partial charge < -0.3 is 19.9 Å². The van der Waals surface area contributed by atoms with Crippen molar-refractivity contribution < 1.29 is 18.4 Å². The highest BCUT2D eigenvalue weighted by molar-refractivity contribution is 7.92. The molecule has 1 atom stereocenters. The van der Waals surface area contributed by atoms with E-state index >= 15 is 0 Å². The van der Waals surface area contributed by atoms with E-state index in [1.54, 1.807) is 24.8 Å². The highest BCUT2D eigenvalue weighted by atomic mass is 32.2. The van der Waals surface area contributed by atoms with Crippen LogP contribution in [-0.4, -0.2) is 34.9 Å². The summed E-state index contributed by atoms with van der Waals surface area (Å²) < 4.78 is 34.8. The molecule has 0 fully saturated rings. The zero-order valence-corrected chi connectivity index (χ0v) is 19.4. The number of aryl methyl sites for hydroxylation is 1. The third-order valence-electron chi connectivity index (χ3n) is 4.99. The molecule has 1 aliphatic rings. The van der Waals surface area contributed by atoms with Crippen LogP contribution in [0.4, 0.5) is 11.5 Å². The van der Waals surface area contributed by atoms with Crippen molar-refractivity contribution in [2.75, 3.05) is 31.5 Å². The molecular weight excluding hydrogens is 426 g/mol. The number of anilines is 1. The van der Waals surface area contributed by atoms with E-state index in [1.807, 2.05) is 50.2 Å². The fourth-order valence-corrected chi connectivity index (χ4v) is 4.17. The van der Waals surface area contributed by atoms with Crippen molar-refractivity contribution >= 4 is 21.2 Å². The molecule has 8 heteroatoms. The predicted octanol–water partition coefficient (Wildman–Crippen LogP) is 4.91. The molecule has 2 bridgehead atoms. The van der Waals surface area contributed by atoms with E-state index in [1.165, 1.54) is 0 Å². The number of ether oxygens (including phenoxy) is 3. The molecular formula is C24H27N3O4S. The Morgan fingerprint density at radius 3 is 2.50 bits per heavy atom. The van der Waals surface area contributed by atoms with E-state index in [-0.39, 0.29) is 6.10 Å². The molecule has 1 aliphatic heterocycles. The zero-order valence-electron chi connectivity index (χ0n) is 18.6. The van der Waals surface area contributed by atoms with Gasteiger partial charge in [0.25, 0.3) is 0 Å². The number of pyridine rings is 1. The topological polar surface area (TPSA) is 96.0 Å². The summed E-state index contributed by atoms with van der Waals surface area (Å²) in [5, 5.41) is 0. The first-order chi connectivity index (χ1) is 15.2. The van der Waals surface area contributed by atoms with Crippen LogP contribution in [0.3, 0.4) is 0 Å². The average molecular weight is 454 g/mol. The van der Waals surface area contributed by atoms with Crippen LogP contribution in [-0.2, 0) is 9.73 Å². The van der Waals surface area contributed by atoms with Crippen LogP contribution in [0, 0.1) is 6.92 Å². The van der Waals surface area contributed by atoms with Crippen LogP contribution in [0.2, 0.25) is 0 Å². The molecule has 2 N–H and O–H groups in total. The number of hydrogen-bond acceptors (Lipinski definition) is 7. The van der Waals surface area contributed by atoms with Crippen LogP contribution in [0.25, 0.3) is 11.1 Å². The second-order valence-electron chi connectivity index (χ2n) is 8.06. The van der Waals surface area contributed by atoms with Crippen molar-refractivity contribution in [3.63, 3.8) is 0 Å². The van der Waals surface area contributed by atoms with Gasteiger partial charge >= 0.3 is 0 Å². The van der Waals surface area contributed by atoms with Crippen molar-refractivity contribution in [2.45, 2.75) is 20.0 Å². The molecule has 0 radical (unpaired) electrons. The Balaban J connectivity index is 1.84. The lowest BCUT2D eigenvalue weighted by atomic mass is 10.0. The number of benzene rings is 2. The van der Waals surface area contributed by atoms with Crippen molar-refractivity contribution in [1.82, 2.24) is 4.98 Å². The molecule has 2 aromatic carbocycles. The van der Waals surface area contributed by atoms with Gasteiger partial charge in [-0.15, -0.1) is 0 Å². The number of rotatable bonds is 1. The molecule has 0 aliphatic carbocycles. The smallest absolute Gasteiger partial charge is 0.166 e. The molecule has 32 heavy (non-hydrogen) atoms. The van der Waals surface area contributed by atoms with Gasteiger partial charge in [-0.3, -0.25) is 0 Å². The maximum atomic E-state index is 12.2. The Bertz CT molecular complexity index is 1270. The van der Waals surface area contributed by atoms with Crippen molar-refractivity contribution in [1.29, 1.82) is 0 Å². The summed E-state index contributed by atoms with van der Waals surface area (Å²) in [7, 11) is -2.31. The maximum absolute atomic E-state index is 12.2. The Morgan fingerprint density at radius 2 is 1.75 bits per heavy atom. The van der Waals surface area contributed by atoms with Crippen molar-refractivity contribution in [3.05, 3.63) is 59.8 Å². The van der Waals surface area contributed by atoms with E-state index in [2.05, 4.69) is 9.35 Å². The van der Waals surface area contributed by atoms with Gasteiger partial charge in [-0.2, -0.15) is 4.36 Å². The molecule has 0 saturated heterocycles. The molecule has 2 heterocycles.